The minimum absolute atomic E-state index is 0.0563. The summed E-state index contributed by atoms with van der Waals surface area (Å²) in [6.45, 7) is 13.1. The molecule has 2 saturated heterocycles. The third-order valence-corrected chi connectivity index (χ3v) is 5.23. The van der Waals surface area contributed by atoms with Crippen LogP contribution in [0, 0.1) is 12.8 Å². The minimum Gasteiger partial charge on any atom is -0.338 e. The van der Waals surface area contributed by atoms with Gasteiger partial charge in [-0.25, -0.2) is 9.97 Å². The van der Waals surface area contributed by atoms with Crippen LogP contribution < -0.4 is 4.90 Å². The number of hydrogen-bond acceptors (Lipinski definition) is 5. The van der Waals surface area contributed by atoms with Gasteiger partial charge in [0.15, 0.2) is 0 Å². The van der Waals surface area contributed by atoms with Gasteiger partial charge < -0.3 is 14.7 Å². The van der Waals surface area contributed by atoms with Gasteiger partial charge in [0.1, 0.15) is 5.69 Å². The molecule has 0 unspecified atom stereocenters. The lowest BCUT2D eigenvalue weighted by molar-refractivity contribution is 0.0691. The van der Waals surface area contributed by atoms with Crippen LogP contribution in [0.1, 0.15) is 42.9 Å². The molecule has 1 aromatic heterocycles. The average Bonchev–Trinajstić information content (AvgIpc) is 2.61. The standard InChI is InChI=1S/C18H29N5O/c1-4-21-9-11-23(12-10-21)18-19-15(3)13-16(20-18)17(24)22-7-5-14(2)6-8-22/h13-14H,4-12H2,1-3H3. The molecular formula is C18H29N5O. The molecule has 132 valence electrons. The fraction of sp³-hybridized carbons (Fsp3) is 0.722. The third kappa shape index (κ3) is 3.86. The summed E-state index contributed by atoms with van der Waals surface area (Å²) in [7, 11) is 0. The molecule has 6 heteroatoms. The summed E-state index contributed by atoms with van der Waals surface area (Å²) in [5.74, 6) is 1.48. The zero-order valence-corrected chi connectivity index (χ0v) is 15.2. The summed E-state index contributed by atoms with van der Waals surface area (Å²) in [6.07, 6.45) is 2.17. The summed E-state index contributed by atoms with van der Waals surface area (Å²) < 4.78 is 0. The Hall–Kier alpha value is -1.69. The van der Waals surface area contributed by atoms with Crippen molar-refractivity contribution in [2.45, 2.75) is 33.6 Å². The lowest BCUT2D eigenvalue weighted by Gasteiger charge is -2.34. The van der Waals surface area contributed by atoms with Gasteiger partial charge in [0.2, 0.25) is 5.95 Å². The number of amides is 1. The number of carbonyl (C=O) groups excluding carboxylic acids is 1. The molecule has 0 atom stereocenters. The van der Waals surface area contributed by atoms with Crippen molar-refractivity contribution in [3.63, 3.8) is 0 Å². The van der Waals surface area contributed by atoms with E-state index >= 15 is 0 Å². The molecular weight excluding hydrogens is 302 g/mol. The summed E-state index contributed by atoms with van der Waals surface area (Å²) in [6, 6.07) is 1.83. The van der Waals surface area contributed by atoms with E-state index in [4.69, 9.17) is 0 Å². The first kappa shape index (κ1) is 17.1. The molecule has 1 amide bonds. The van der Waals surface area contributed by atoms with Crippen molar-refractivity contribution in [3.05, 3.63) is 17.5 Å². The number of nitrogens with zero attached hydrogens (tertiary/aromatic N) is 5. The average molecular weight is 331 g/mol. The summed E-state index contributed by atoms with van der Waals surface area (Å²) >= 11 is 0. The highest BCUT2D eigenvalue weighted by Crippen LogP contribution is 2.19. The van der Waals surface area contributed by atoms with Crippen LogP contribution in [-0.2, 0) is 0 Å². The fourth-order valence-electron chi connectivity index (χ4n) is 3.44. The molecule has 2 fully saturated rings. The predicted molar refractivity (Wildman–Crippen MR) is 95.4 cm³/mol. The van der Waals surface area contributed by atoms with Crippen LogP contribution in [-0.4, -0.2) is 71.5 Å². The number of piperidine rings is 1. The molecule has 0 spiro atoms. The lowest BCUT2D eigenvalue weighted by Crippen LogP contribution is -2.47. The van der Waals surface area contributed by atoms with E-state index in [1.165, 1.54) is 0 Å². The number of hydrogen-bond donors (Lipinski definition) is 0. The topological polar surface area (TPSA) is 52.6 Å². The van der Waals surface area contributed by atoms with Crippen molar-refractivity contribution in [2.75, 3.05) is 50.7 Å². The lowest BCUT2D eigenvalue weighted by atomic mass is 9.99. The van der Waals surface area contributed by atoms with E-state index in [0.717, 1.165) is 64.3 Å². The third-order valence-electron chi connectivity index (χ3n) is 5.23. The van der Waals surface area contributed by atoms with Gasteiger partial charge in [0, 0.05) is 45.0 Å². The minimum atomic E-state index is 0.0563. The predicted octanol–water partition coefficient (Wildman–Crippen LogP) is 1.80. The molecule has 24 heavy (non-hydrogen) atoms. The molecule has 0 saturated carbocycles. The number of likely N-dealkylation sites (N-methyl/N-ethyl adjacent to an activating group) is 1. The first-order valence-electron chi connectivity index (χ1n) is 9.19. The van der Waals surface area contributed by atoms with Crippen molar-refractivity contribution < 1.29 is 4.79 Å². The second-order valence-corrected chi connectivity index (χ2v) is 7.09. The Morgan fingerprint density at radius 2 is 1.79 bits per heavy atom. The van der Waals surface area contributed by atoms with Crippen molar-refractivity contribution in [2.24, 2.45) is 5.92 Å². The first-order chi connectivity index (χ1) is 11.6. The maximum Gasteiger partial charge on any atom is 0.272 e. The van der Waals surface area contributed by atoms with E-state index in [2.05, 4.69) is 33.6 Å². The molecule has 0 aliphatic carbocycles. The van der Waals surface area contributed by atoms with Crippen LogP contribution in [0.4, 0.5) is 5.95 Å². The van der Waals surface area contributed by atoms with E-state index in [-0.39, 0.29) is 5.91 Å². The Morgan fingerprint density at radius 3 is 2.42 bits per heavy atom. The van der Waals surface area contributed by atoms with Crippen LogP contribution in [0.3, 0.4) is 0 Å². The Labute approximate surface area is 144 Å². The molecule has 0 N–H and O–H groups in total. The van der Waals surface area contributed by atoms with Gasteiger partial charge in [-0.15, -0.1) is 0 Å². The number of anilines is 1. The Morgan fingerprint density at radius 1 is 1.12 bits per heavy atom. The highest BCUT2D eigenvalue weighted by Gasteiger charge is 2.24. The number of rotatable bonds is 3. The Bertz CT molecular complexity index is 575. The molecule has 0 bridgehead atoms. The normalized spacial score (nSPS) is 20.5. The monoisotopic (exact) mass is 331 g/mol. The maximum atomic E-state index is 12.8. The SMILES string of the molecule is CCN1CCN(c2nc(C)cc(C(=O)N3CCC(C)CC3)n2)CC1. The van der Waals surface area contributed by atoms with Crippen LogP contribution in [0.15, 0.2) is 6.07 Å². The van der Waals surface area contributed by atoms with Crippen molar-refractivity contribution in [1.82, 2.24) is 19.8 Å². The maximum absolute atomic E-state index is 12.8. The second kappa shape index (κ2) is 7.47. The zero-order valence-electron chi connectivity index (χ0n) is 15.2. The van der Waals surface area contributed by atoms with Gasteiger partial charge >= 0.3 is 0 Å². The van der Waals surface area contributed by atoms with Crippen LogP contribution in [0.25, 0.3) is 0 Å². The second-order valence-electron chi connectivity index (χ2n) is 7.09. The quantitative estimate of drug-likeness (QED) is 0.845. The Kier molecular flexibility index (Phi) is 5.33. The number of likely N-dealkylation sites (tertiary alicyclic amines) is 1. The fourth-order valence-corrected chi connectivity index (χ4v) is 3.44. The van der Waals surface area contributed by atoms with Gasteiger partial charge in [0.05, 0.1) is 0 Å². The van der Waals surface area contributed by atoms with E-state index in [0.29, 0.717) is 17.6 Å². The first-order valence-corrected chi connectivity index (χ1v) is 9.19. The molecule has 0 radical (unpaired) electrons. The van der Waals surface area contributed by atoms with Crippen molar-refractivity contribution in [1.29, 1.82) is 0 Å². The van der Waals surface area contributed by atoms with Crippen LogP contribution in [0.2, 0.25) is 0 Å². The molecule has 3 rings (SSSR count). The van der Waals surface area contributed by atoms with E-state index in [1.54, 1.807) is 0 Å². The van der Waals surface area contributed by atoms with E-state index < -0.39 is 0 Å². The highest BCUT2D eigenvalue weighted by molar-refractivity contribution is 5.92. The molecule has 2 aliphatic rings. The molecule has 1 aromatic rings. The molecule has 2 aliphatic heterocycles. The summed E-state index contributed by atoms with van der Waals surface area (Å²) in [5.41, 5.74) is 1.41. The smallest absolute Gasteiger partial charge is 0.272 e. The van der Waals surface area contributed by atoms with Gasteiger partial charge in [-0.1, -0.05) is 13.8 Å². The van der Waals surface area contributed by atoms with Gasteiger partial charge in [-0.2, -0.15) is 0 Å². The number of aromatic nitrogens is 2. The van der Waals surface area contributed by atoms with Gasteiger partial charge in [-0.3, -0.25) is 4.79 Å². The van der Waals surface area contributed by atoms with Crippen LogP contribution in [0.5, 0.6) is 0 Å². The Balaban J connectivity index is 1.73. The zero-order chi connectivity index (χ0) is 17.1. The number of carbonyl (C=O) groups is 1. The molecule has 3 heterocycles. The van der Waals surface area contributed by atoms with E-state index in [1.807, 2.05) is 17.9 Å². The molecule has 0 aromatic carbocycles. The van der Waals surface area contributed by atoms with Crippen molar-refractivity contribution in [3.8, 4) is 0 Å². The van der Waals surface area contributed by atoms with E-state index in [9.17, 15) is 4.79 Å². The number of piperazine rings is 1. The van der Waals surface area contributed by atoms with Crippen LogP contribution >= 0.6 is 0 Å². The summed E-state index contributed by atoms with van der Waals surface area (Å²) in [5, 5.41) is 0. The summed E-state index contributed by atoms with van der Waals surface area (Å²) in [4.78, 5) is 28.6. The highest BCUT2D eigenvalue weighted by atomic mass is 16.2. The van der Waals surface area contributed by atoms with Gasteiger partial charge in [-0.05, 0) is 38.3 Å². The van der Waals surface area contributed by atoms with Crippen molar-refractivity contribution >= 4 is 11.9 Å². The van der Waals surface area contributed by atoms with Gasteiger partial charge in [0.25, 0.3) is 5.91 Å². The largest absolute Gasteiger partial charge is 0.338 e. The number of aryl methyl sites for hydroxylation is 1. The molecule has 6 nitrogen and oxygen atoms in total.